The Bertz CT molecular complexity index is 414. The van der Waals surface area contributed by atoms with Gasteiger partial charge in [0.1, 0.15) is 0 Å². The van der Waals surface area contributed by atoms with Crippen LogP contribution in [0, 0.1) is 0 Å². The van der Waals surface area contributed by atoms with Gasteiger partial charge in [-0.1, -0.05) is 16.1 Å². The summed E-state index contributed by atoms with van der Waals surface area (Å²) in [5.74, 6) is 5.49. The van der Waals surface area contributed by atoms with Crippen LogP contribution in [0.25, 0.3) is 0 Å². The fourth-order valence-corrected chi connectivity index (χ4v) is 2.93. The molecule has 2 aromatic heterocycles. The third-order valence-corrected chi connectivity index (χ3v) is 3.99. The zero-order valence-electron chi connectivity index (χ0n) is 7.68. The van der Waals surface area contributed by atoms with Gasteiger partial charge in [0.2, 0.25) is 0 Å². The quantitative estimate of drug-likeness (QED) is 0.652. The number of nitrogens with zero attached hydrogens (tertiary/aromatic N) is 2. The monoisotopic (exact) mass is 260 g/mol. The molecular weight excluding hydrogens is 252 g/mol. The van der Waals surface area contributed by atoms with Gasteiger partial charge in [0.15, 0.2) is 0 Å². The Morgan fingerprint density at radius 2 is 2.40 bits per heavy atom. The maximum atomic E-state index is 5.86. The van der Waals surface area contributed by atoms with E-state index < -0.39 is 0 Å². The standard InChI is InChI=1S/C8H9ClN4S2/c9-8-2-1-5(14-8)3-6(12-10)7-4-11-13-15-7/h1-2,4,6,12H,3,10H2. The molecule has 0 aliphatic carbocycles. The van der Waals surface area contributed by atoms with Crippen molar-refractivity contribution in [2.45, 2.75) is 12.5 Å². The second-order valence-corrected chi connectivity index (χ2v) is 5.57. The Balaban J connectivity index is 2.09. The molecule has 15 heavy (non-hydrogen) atoms. The first kappa shape index (κ1) is 11.0. The van der Waals surface area contributed by atoms with Crippen molar-refractivity contribution in [3.05, 3.63) is 32.4 Å². The van der Waals surface area contributed by atoms with Crippen molar-refractivity contribution in [2.75, 3.05) is 0 Å². The number of hydrazine groups is 1. The maximum absolute atomic E-state index is 5.86. The summed E-state index contributed by atoms with van der Waals surface area (Å²) in [6.07, 6.45) is 2.53. The highest BCUT2D eigenvalue weighted by molar-refractivity contribution is 7.16. The van der Waals surface area contributed by atoms with Crippen molar-refractivity contribution >= 4 is 34.5 Å². The number of rotatable bonds is 4. The van der Waals surface area contributed by atoms with Gasteiger partial charge in [-0.25, -0.2) is 0 Å². The van der Waals surface area contributed by atoms with Gasteiger partial charge in [-0.15, -0.1) is 16.4 Å². The lowest BCUT2D eigenvalue weighted by Crippen LogP contribution is -2.28. The lowest BCUT2D eigenvalue weighted by Gasteiger charge is -2.11. The smallest absolute Gasteiger partial charge is 0.0931 e. The molecule has 0 aliphatic rings. The molecule has 2 aromatic rings. The predicted molar refractivity (Wildman–Crippen MR) is 63.0 cm³/mol. The summed E-state index contributed by atoms with van der Waals surface area (Å²) in [7, 11) is 0. The molecule has 7 heteroatoms. The van der Waals surface area contributed by atoms with Crippen LogP contribution in [0.1, 0.15) is 15.8 Å². The molecule has 0 aliphatic heterocycles. The fourth-order valence-electron chi connectivity index (χ4n) is 1.23. The lowest BCUT2D eigenvalue weighted by atomic mass is 10.2. The molecule has 0 spiro atoms. The number of nitrogens with two attached hydrogens (primary N) is 1. The predicted octanol–water partition coefficient (Wildman–Crippen LogP) is 2.00. The number of aromatic nitrogens is 2. The molecule has 4 nitrogen and oxygen atoms in total. The van der Waals surface area contributed by atoms with Crippen LogP contribution in [0.3, 0.4) is 0 Å². The highest BCUT2D eigenvalue weighted by Crippen LogP contribution is 2.26. The molecule has 2 heterocycles. The van der Waals surface area contributed by atoms with Gasteiger partial charge in [-0.05, 0) is 23.7 Å². The van der Waals surface area contributed by atoms with Crippen LogP contribution in [0.4, 0.5) is 0 Å². The van der Waals surface area contributed by atoms with Crippen LogP contribution in [-0.4, -0.2) is 9.59 Å². The van der Waals surface area contributed by atoms with E-state index in [1.54, 1.807) is 17.5 Å². The van der Waals surface area contributed by atoms with E-state index in [4.69, 9.17) is 17.4 Å². The third-order valence-electron chi connectivity index (χ3n) is 1.96. The van der Waals surface area contributed by atoms with E-state index in [1.165, 1.54) is 16.4 Å². The lowest BCUT2D eigenvalue weighted by molar-refractivity contribution is 0.563. The van der Waals surface area contributed by atoms with Gasteiger partial charge in [0.25, 0.3) is 0 Å². The van der Waals surface area contributed by atoms with E-state index in [0.29, 0.717) is 0 Å². The van der Waals surface area contributed by atoms with Gasteiger partial charge >= 0.3 is 0 Å². The van der Waals surface area contributed by atoms with Gasteiger partial charge in [0, 0.05) is 11.3 Å². The first-order chi connectivity index (χ1) is 7.29. The number of hydrogen-bond donors (Lipinski definition) is 2. The molecule has 1 unspecified atom stereocenters. The van der Waals surface area contributed by atoms with Crippen molar-refractivity contribution in [1.29, 1.82) is 0 Å². The summed E-state index contributed by atoms with van der Waals surface area (Å²) < 4.78 is 4.61. The Hall–Kier alpha value is -0.530. The minimum Gasteiger partial charge on any atom is -0.271 e. The summed E-state index contributed by atoms with van der Waals surface area (Å²) in [5, 5.41) is 3.79. The highest BCUT2D eigenvalue weighted by Gasteiger charge is 2.13. The molecule has 0 amide bonds. The average Bonchev–Trinajstić information content (AvgIpc) is 2.85. The average molecular weight is 261 g/mol. The van der Waals surface area contributed by atoms with Crippen LogP contribution in [0.5, 0.6) is 0 Å². The highest BCUT2D eigenvalue weighted by atomic mass is 35.5. The SMILES string of the molecule is NNC(Cc1ccc(Cl)s1)c1cnns1. The van der Waals surface area contributed by atoms with Crippen LogP contribution in [0.2, 0.25) is 4.34 Å². The fraction of sp³-hybridized carbons (Fsp3) is 0.250. The molecule has 0 saturated heterocycles. The number of halogens is 1. The summed E-state index contributed by atoms with van der Waals surface area (Å²) in [6.45, 7) is 0. The molecule has 3 N–H and O–H groups in total. The summed E-state index contributed by atoms with van der Waals surface area (Å²) >= 11 is 8.77. The molecular formula is C8H9ClN4S2. The maximum Gasteiger partial charge on any atom is 0.0931 e. The van der Waals surface area contributed by atoms with Crippen LogP contribution < -0.4 is 11.3 Å². The Morgan fingerprint density at radius 1 is 1.53 bits per heavy atom. The zero-order chi connectivity index (χ0) is 10.7. The summed E-state index contributed by atoms with van der Waals surface area (Å²) in [5.41, 5.74) is 2.76. The molecule has 1 atom stereocenters. The molecule has 0 bridgehead atoms. The van der Waals surface area contributed by atoms with Gasteiger partial charge in [-0.2, -0.15) is 0 Å². The molecule has 0 radical (unpaired) electrons. The minimum absolute atomic E-state index is 0.0553. The second-order valence-electron chi connectivity index (χ2n) is 2.95. The van der Waals surface area contributed by atoms with E-state index in [-0.39, 0.29) is 6.04 Å². The van der Waals surface area contributed by atoms with E-state index in [0.717, 1.165) is 15.6 Å². The Labute approximate surface area is 100 Å². The summed E-state index contributed by atoms with van der Waals surface area (Å²) in [4.78, 5) is 2.22. The number of thiophene rings is 1. The molecule has 0 aromatic carbocycles. The third kappa shape index (κ3) is 2.73. The Morgan fingerprint density at radius 3 is 2.93 bits per heavy atom. The largest absolute Gasteiger partial charge is 0.271 e. The number of nitrogens with one attached hydrogen (secondary N) is 1. The van der Waals surface area contributed by atoms with E-state index in [9.17, 15) is 0 Å². The van der Waals surface area contributed by atoms with Crippen molar-refractivity contribution < 1.29 is 0 Å². The second kappa shape index (κ2) is 5.00. The molecule has 2 rings (SSSR count). The molecule has 80 valence electrons. The van der Waals surface area contributed by atoms with Crippen LogP contribution >= 0.6 is 34.5 Å². The van der Waals surface area contributed by atoms with E-state index in [1.807, 2.05) is 12.1 Å². The van der Waals surface area contributed by atoms with E-state index in [2.05, 4.69) is 15.0 Å². The molecule has 0 fully saturated rings. The van der Waals surface area contributed by atoms with E-state index >= 15 is 0 Å². The first-order valence-corrected chi connectivity index (χ1v) is 6.24. The van der Waals surface area contributed by atoms with Crippen molar-refractivity contribution in [3.63, 3.8) is 0 Å². The van der Waals surface area contributed by atoms with Crippen molar-refractivity contribution in [1.82, 2.24) is 15.0 Å². The van der Waals surface area contributed by atoms with Crippen LogP contribution in [-0.2, 0) is 6.42 Å². The van der Waals surface area contributed by atoms with Crippen molar-refractivity contribution in [3.8, 4) is 0 Å². The zero-order valence-corrected chi connectivity index (χ0v) is 10.1. The van der Waals surface area contributed by atoms with Crippen LogP contribution in [0.15, 0.2) is 18.3 Å². The molecule has 0 saturated carbocycles. The minimum atomic E-state index is 0.0553. The van der Waals surface area contributed by atoms with Gasteiger partial charge in [-0.3, -0.25) is 11.3 Å². The topological polar surface area (TPSA) is 63.8 Å². The first-order valence-electron chi connectivity index (χ1n) is 4.27. The number of hydrogen-bond acceptors (Lipinski definition) is 6. The summed E-state index contributed by atoms with van der Waals surface area (Å²) in [6, 6.07) is 3.95. The Kier molecular flexibility index (Phi) is 3.66. The van der Waals surface area contributed by atoms with Gasteiger partial charge in [0.05, 0.1) is 21.5 Å². The normalized spacial score (nSPS) is 12.9. The van der Waals surface area contributed by atoms with Gasteiger partial charge < -0.3 is 0 Å². The van der Waals surface area contributed by atoms with Crippen molar-refractivity contribution in [2.24, 2.45) is 5.84 Å².